The van der Waals surface area contributed by atoms with Crippen molar-refractivity contribution in [1.82, 2.24) is 14.8 Å². The second-order valence-corrected chi connectivity index (χ2v) is 5.43. The third kappa shape index (κ3) is 2.97. The number of rotatable bonds is 2. The van der Waals surface area contributed by atoms with Crippen LogP contribution in [-0.4, -0.2) is 64.5 Å². The van der Waals surface area contributed by atoms with Gasteiger partial charge in [-0.1, -0.05) is 0 Å². The van der Waals surface area contributed by atoms with E-state index in [2.05, 4.69) is 4.98 Å². The molecule has 7 heteroatoms. The molecular formula is C14H19N3O4. The number of nitrogens with one attached hydrogen (secondary N) is 1. The number of carbonyl (C=O) groups excluding carboxylic acids is 1. The average Bonchev–Trinajstić information content (AvgIpc) is 2.37. The van der Waals surface area contributed by atoms with Gasteiger partial charge in [0.2, 0.25) is 0 Å². The van der Waals surface area contributed by atoms with Crippen LogP contribution in [0.2, 0.25) is 0 Å². The van der Waals surface area contributed by atoms with Crippen molar-refractivity contribution < 1.29 is 14.7 Å². The Morgan fingerprint density at radius 2 is 2.00 bits per heavy atom. The maximum atomic E-state index is 12.5. The molecule has 1 atom stereocenters. The summed E-state index contributed by atoms with van der Waals surface area (Å²) in [4.78, 5) is 41.5. The molecule has 0 bridgehead atoms. The lowest BCUT2D eigenvalue weighted by Crippen LogP contribution is -2.56. The molecule has 1 aromatic heterocycles. The van der Waals surface area contributed by atoms with Crippen LogP contribution >= 0.6 is 0 Å². The highest BCUT2D eigenvalue weighted by Crippen LogP contribution is 2.13. The largest absolute Gasteiger partial charge is 0.480 e. The minimum absolute atomic E-state index is 0.0808. The number of aryl methyl sites for hydroxylation is 2. The summed E-state index contributed by atoms with van der Waals surface area (Å²) >= 11 is 0. The van der Waals surface area contributed by atoms with Crippen LogP contribution in [0.4, 0.5) is 0 Å². The van der Waals surface area contributed by atoms with Crippen LogP contribution in [0.25, 0.3) is 0 Å². The van der Waals surface area contributed by atoms with Crippen LogP contribution in [-0.2, 0) is 4.79 Å². The first-order valence-electron chi connectivity index (χ1n) is 6.74. The van der Waals surface area contributed by atoms with Gasteiger partial charge in [0.25, 0.3) is 11.5 Å². The molecule has 1 aliphatic heterocycles. The van der Waals surface area contributed by atoms with E-state index in [-0.39, 0.29) is 12.1 Å². The second kappa shape index (κ2) is 5.69. The molecule has 1 amide bonds. The summed E-state index contributed by atoms with van der Waals surface area (Å²) in [6, 6.07) is 0.992. The Labute approximate surface area is 122 Å². The standard InChI is InChI=1S/C14H19N3O4/c1-8-6-9(2)15-12(18)11(8)13(19)17-5-4-16(3)10(7-17)14(20)21/h6,10H,4-5,7H2,1-3H3,(H,15,18)(H,20,21)/t10-/m0/s1. The first kappa shape index (κ1) is 15.2. The molecule has 21 heavy (non-hydrogen) atoms. The average molecular weight is 293 g/mol. The van der Waals surface area contributed by atoms with Gasteiger partial charge in [-0.3, -0.25) is 19.3 Å². The van der Waals surface area contributed by atoms with Crippen molar-refractivity contribution in [1.29, 1.82) is 0 Å². The Hall–Kier alpha value is -2.15. The lowest BCUT2D eigenvalue weighted by molar-refractivity contribution is -0.144. The van der Waals surface area contributed by atoms with Crippen molar-refractivity contribution in [3.8, 4) is 0 Å². The molecule has 1 fully saturated rings. The van der Waals surface area contributed by atoms with Crippen LogP contribution in [0.1, 0.15) is 21.6 Å². The fourth-order valence-corrected chi connectivity index (χ4v) is 2.60. The van der Waals surface area contributed by atoms with E-state index >= 15 is 0 Å². The summed E-state index contributed by atoms with van der Waals surface area (Å²) < 4.78 is 0. The van der Waals surface area contributed by atoms with E-state index < -0.39 is 23.5 Å². The summed E-state index contributed by atoms with van der Waals surface area (Å²) in [5, 5.41) is 9.18. The van der Waals surface area contributed by atoms with E-state index in [0.29, 0.717) is 24.3 Å². The number of likely N-dealkylation sites (N-methyl/N-ethyl adjacent to an activating group) is 1. The highest BCUT2D eigenvalue weighted by Gasteiger charge is 2.33. The Morgan fingerprint density at radius 3 is 2.57 bits per heavy atom. The third-order valence-corrected chi connectivity index (χ3v) is 3.80. The van der Waals surface area contributed by atoms with Crippen LogP contribution in [0.3, 0.4) is 0 Å². The molecule has 0 radical (unpaired) electrons. The number of aliphatic carboxylic acids is 1. The van der Waals surface area contributed by atoms with Gasteiger partial charge in [-0.05, 0) is 32.5 Å². The van der Waals surface area contributed by atoms with Gasteiger partial charge in [-0.15, -0.1) is 0 Å². The van der Waals surface area contributed by atoms with Crippen LogP contribution in [0.5, 0.6) is 0 Å². The van der Waals surface area contributed by atoms with Gasteiger partial charge in [-0.25, -0.2) is 0 Å². The highest BCUT2D eigenvalue weighted by molar-refractivity contribution is 5.95. The summed E-state index contributed by atoms with van der Waals surface area (Å²) in [6.07, 6.45) is 0. The van der Waals surface area contributed by atoms with Crippen molar-refractivity contribution >= 4 is 11.9 Å². The van der Waals surface area contributed by atoms with Crippen LogP contribution in [0.15, 0.2) is 10.9 Å². The number of carboxylic acids is 1. The SMILES string of the molecule is Cc1cc(C)c(C(=O)N2CCN(C)[C@H](C(=O)O)C2)c(=O)[nH]1. The molecule has 2 rings (SSSR count). The van der Waals surface area contributed by atoms with Crippen LogP contribution < -0.4 is 5.56 Å². The van der Waals surface area contributed by atoms with Gasteiger partial charge in [-0.2, -0.15) is 0 Å². The first-order chi connectivity index (χ1) is 9.81. The van der Waals surface area contributed by atoms with E-state index in [4.69, 9.17) is 0 Å². The summed E-state index contributed by atoms with van der Waals surface area (Å²) in [6.45, 7) is 4.41. The number of H-pyrrole nitrogens is 1. The maximum Gasteiger partial charge on any atom is 0.322 e. The third-order valence-electron chi connectivity index (χ3n) is 3.80. The predicted molar refractivity (Wildman–Crippen MR) is 76.5 cm³/mol. The predicted octanol–water partition coefficient (Wildman–Crippen LogP) is -0.167. The molecule has 0 spiro atoms. The number of hydrogen-bond acceptors (Lipinski definition) is 4. The quantitative estimate of drug-likeness (QED) is 0.790. The molecule has 2 heterocycles. The minimum Gasteiger partial charge on any atom is -0.480 e. The number of carbonyl (C=O) groups is 2. The van der Waals surface area contributed by atoms with Gasteiger partial charge >= 0.3 is 5.97 Å². The molecule has 114 valence electrons. The second-order valence-electron chi connectivity index (χ2n) is 5.43. The molecule has 7 nitrogen and oxygen atoms in total. The van der Waals surface area contributed by atoms with E-state index in [1.54, 1.807) is 31.9 Å². The minimum atomic E-state index is -0.968. The smallest absolute Gasteiger partial charge is 0.322 e. The van der Waals surface area contributed by atoms with Gasteiger partial charge in [0.05, 0.1) is 0 Å². The zero-order chi connectivity index (χ0) is 15.7. The number of nitrogens with zero attached hydrogens (tertiary/aromatic N) is 2. The Kier molecular flexibility index (Phi) is 4.13. The number of hydrogen-bond donors (Lipinski definition) is 2. The molecule has 0 aliphatic carbocycles. The molecule has 0 unspecified atom stereocenters. The molecule has 1 aliphatic rings. The number of amides is 1. The van der Waals surface area contributed by atoms with Crippen molar-refractivity contribution in [3.05, 3.63) is 33.2 Å². The van der Waals surface area contributed by atoms with Gasteiger partial charge < -0.3 is 15.0 Å². The number of piperazine rings is 1. The molecule has 0 saturated carbocycles. The van der Waals surface area contributed by atoms with E-state index in [9.17, 15) is 19.5 Å². The summed E-state index contributed by atoms with van der Waals surface area (Å²) in [7, 11) is 1.71. The Bertz CT molecular complexity index is 638. The van der Waals surface area contributed by atoms with Crippen molar-refractivity contribution in [2.45, 2.75) is 19.9 Å². The first-order valence-corrected chi connectivity index (χ1v) is 6.74. The number of aromatic amines is 1. The van der Waals surface area contributed by atoms with Gasteiger partial charge in [0, 0.05) is 25.3 Å². The molecule has 2 N–H and O–H groups in total. The zero-order valence-electron chi connectivity index (χ0n) is 12.3. The lowest BCUT2D eigenvalue weighted by Gasteiger charge is -2.37. The Balaban J connectivity index is 2.29. The molecule has 0 aromatic carbocycles. The Morgan fingerprint density at radius 1 is 1.33 bits per heavy atom. The van der Waals surface area contributed by atoms with E-state index in [0.717, 1.165) is 0 Å². The number of aromatic nitrogens is 1. The van der Waals surface area contributed by atoms with Crippen molar-refractivity contribution in [2.24, 2.45) is 0 Å². The fraction of sp³-hybridized carbons (Fsp3) is 0.500. The van der Waals surface area contributed by atoms with Crippen LogP contribution in [0, 0.1) is 13.8 Å². The monoisotopic (exact) mass is 293 g/mol. The lowest BCUT2D eigenvalue weighted by atomic mass is 10.1. The molecule has 1 aromatic rings. The highest BCUT2D eigenvalue weighted by atomic mass is 16.4. The van der Waals surface area contributed by atoms with E-state index in [1.165, 1.54) is 4.90 Å². The van der Waals surface area contributed by atoms with Crippen molar-refractivity contribution in [3.63, 3.8) is 0 Å². The zero-order valence-corrected chi connectivity index (χ0v) is 12.3. The molecule has 1 saturated heterocycles. The summed E-state index contributed by atoms with van der Waals surface area (Å²) in [5.74, 6) is -1.38. The van der Waals surface area contributed by atoms with Gasteiger partial charge in [0.15, 0.2) is 0 Å². The van der Waals surface area contributed by atoms with Gasteiger partial charge in [0.1, 0.15) is 11.6 Å². The molecular weight excluding hydrogens is 274 g/mol. The summed E-state index contributed by atoms with van der Waals surface area (Å²) in [5.41, 5.74) is 0.959. The van der Waals surface area contributed by atoms with Crippen molar-refractivity contribution in [2.75, 3.05) is 26.7 Å². The normalized spacial score (nSPS) is 19.6. The topological polar surface area (TPSA) is 93.7 Å². The number of pyridine rings is 1. The number of carboxylic acid groups (broad SMARTS) is 1. The van der Waals surface area contributed by atoms with E-state index in [1.807, 2.05) is 0 Å². The maximum absolute atomic E-state index is 12.5. The fourth-order valence-electron chi connectivity index (χ4n) is 2.60.